The molecular weight excluding hydrogens is 408 g/mol. The zero-order valence-corrected chi connectivity index (χ0v) is 17.3. The Kier molecular flexibility index (Phi) is 7.59. The van der Waals surface area contributed by atoms with E-state index in [1.54, 1.807) is 18.2 Å². The highest BCUT2D eigenvalue weighted by Gasteiger charge is 2.17. The summed E-state index contributed by atoms with van der Waals surface area (Å²) in [5, 5.41) is 0. The van der Waals surface area contributed by atoms with Crippen molar-refractivity contribution in [2.45, 2.75) is 33.3 Å². The molecule has 6 nitrogen and oxygen atoms in total. The van der Waals surface area contributed by atoms with Gasteiger partial charge in [-0.15, -0.1) is 0 Å². The van der Waals surface area contributed by atoms with E-state index in [0.717, 1.165) is 0 Å². The number of hydrogen-bond donors (Lipinski definition) is 0. The number of benzene rings is 2. The second-order valence-corrected chi connectivity index (χ2v) is 6.47. The van der Waals surface area contributed by atoms with Crippen LogP contribution in [0.4, 0.5) is 8.78 Å². The van der Waals surface area contributed by atoms with Gasteiger partial charge in [0.1, 0.15) is 12.0 Å². The summed E-state index contributed by atoms with van der Waals surface area (Å²) in [7, 11) is 0. The SMILES string of the molecule is CCOc1ccc(-c2nc(CCC(=O)c3ccccc3OC(F)F)co2)cc1OCC. The normalized spacial score (nSPS) is 10.9. The highest BCUT2D eigenvalue weighted by molar-refractivity contribution is 5.98. The van der Waals surface area contributed by atoms with Crippen LogP contribution < -0.4 is 14.2 Å². The standard InChI is InChI=1S/C23H23F2NO5/c1-3-28-20-12-9-15(13-21(20)29-4-2)22-26-16(14-30-22)10-11-18(27)17-7-5-6-8-19(17)31-23(24)25/h5-9,12-14,23H,3-4,10-11H2,1-2H3. The number of alkyl halides is 2. The topological polar surface area (TPSA) is 70.8 Å². The molecule has 0 bridgehead atoms. The van der Waals surface area contributed by atoms with Gasteiger partial charge in [-0.25, -0.2) is 4.98 Å². The van der Waals surface area contributed by atoms with Crippen molar-refractivity contribution < 1.29 is 32.2 Å². The molecule has 0 aliphatic carbocycles. The minimum atomic E-state index is -3.00. The molecule has 0 spiro atoms. The van der Waals surface area contributed by atoms with E-state index in [1.165, 1.54) is 24.5 Å². The molecule has 3 rings (SSSR count). The number of carbonyl (C=O) groups excluding carboxylic acids is 1. The first-order chi connectivity index (χ1) is 15.0. The lowest BCUT2D eigenvalue weighted by atomic mass is 10.0. The first-order valence-electron chi connectivity index (χ1n) is 9.93. The number of rotatable bonds is 11. The highest BCUT2D eigenvalue weighted by atomic mass is 19.3. The number of ketones is 1. The number of nitrogens with zero attached hydrogens (tertiary/aromatic N) is 1. The average Bonchev–Trinajstić information content (AvgIpc) is 3.23. The summed E-state index contributed by atoms with van der Waals surface area (Å²) in [4.78, 5) is 16.9. The van der Waals surface area contributed by atoms with Crippen molar-refractivity contribution in [3.8, 4) is 28.7 Å². The zero-order valence-electron chi connectivity index (χ0n) is 17.3. The summed E-state index contributed by atoms with van der Waals surface area (Å²) in [6.45, 7) is 1.78. The van der Waals surface area contributed by atoms with Gasteiger partial charge in [0.05, 0.1) is 24.5 Å². The zero-order chi connectivity index (χ0) is 22.2. The largest absolute Gasteiger partial charge is 0.490 e. The minimum absolute atomic E-state index is 0.0725. The second-order valence-electron chi connectivity index (χ2n) is 6.47. The van der Waals surface area contributed by atoms with Crippen LogP contribution in [0.1, 0.15) is 36.3 Å². The highest BCUT2D eigenvalue weighted by Crippen LogP contribution is 2.33. The van der Waals surface area contributed by atoms with Crippen LogP contribution in [0.25, 0.3) is 11.5 Å². The molecular formula is C23H23F2NO5. The van der Waals surface area contributed by atoms with Crippen LogP contribution in [-0.2, 0) is 6.42 Å². The average molecular weight is 431 g/mol. The molecule has 0 amide bonds. The van der Waals surface area contributed by atoms with Crippen LogP contribution in [0.3, 0.4) is 0 Å². The lowest BCUT2D eigenvalue weighted by Gasteiger charge is -2.11. The van der Waals surface area contributed by atoms with Crippen LogP contribution in [0.5, 0.6) is 17.2 Å². The van der Waals surface area contributed by atoms with Gasteiger partial charge < -0.3 is 18.6 Å². The Hall–Kier alpha value is -3.42. The fourth-order valence-corrected chi connectivity index (χ4v) is 3.01. The van der Waals surface area contributed by atoms with Gasteiger partial charge >= 0.3 is 6.61 Å². The third-order valence-electron chi connectivity index (χ3n) is 4.35. The van der Waals surface area contributed by atoms with E-state index in [0.29, 0.717) is 48.3 Å². The lowest BCUT2D eigenvalue weighted by Crippen LogP contribution is -2.08. The van der Waals surface area contributed by atoms with Gasteiger partial charge in [-0.3, -0.25) is 4.79 Å². The van der Waals surface area contributed by atoms with Crippen molar-refractivity contribution in [1.29, 1.82) is 0 Å². The number of Topliss-reactive ketones (excluding diaryl/α,β-unsaturated/α-hetero) is 1. The minimum Gasteiger partial charge on any atom is -0.490 e. The van der Waals surface area contributed by atoms with Crippen LogP contribution in [0.15, 0.2) is 53.1 Å². The number of carbonyl (C=O) groups is 1. The summed E-state index contributed by atoms with van der Waals surface area (Å²) >= 11 is 0. The molecule has 164 valence electrons. The molecule has 0 aliphatic heterocycles. The van der Waals surface area contributed by atoms with Gasteiger partial charge in [0.25, 0.3) is 0 Å². The Morgan fingerprint density at radius 2 is 1.77 bits per heavy atom. The van der Waals surface area contributed by atoms with Gasteiger partial charge in [-0.1, -0.05) is 12.1 Å². The van der Waals surface area contributed by atoms with Crippen molar-refractivity contribution in [3.05, 3.63) is 60.0 Å². The fraction of sp³-hybridized carbons (Fsp3) is 0.304. The molecule has 1 heterocycles. The Morgan fingerprint density at radius 1 is 1.03 bits per heavy atom. The molecule has 8 heteroatoms. The molecule has 3 aromatic rings. The predicted molar refractivity (Wildman–Crippen MR) is 110 cm³/mol. The number of oxazole rings is 1. The fourth-order valence-electron chi connectivity index (χ4n) is 3.01. The molecule has 0 saturated carbocycles. The van der Waals surface area contributed by atoms with Gasteiger partial charge in [0, 0.05) is 18.4 Å². The van der Waals surface area contributed by atoms with Crippen LogP contribution in [0.2, 0.25) is 0 Å². The van der Waals surface area contributed by atoms with Gasteiger partial charge in [0.2, 0.25) is 5.89 Å². The molecule has 0 saturated heterocycles. The number of aromatic nitrogens is 1. The van der Waals surface area contributed by atoms with Gasteiger partial charge in [-0.2, -0.15) is 8.78 Å². The Balaban J connectivity index is 1.70. The summed E-state index contributed by atoms with van der Waals surface area (Å²) in [6, 6.07) is 11.3. The quantitative estimate of drug-likeness (QED) is 0.371. The summed E-state index contributed by atoms with van der Waals surface area (Å²) in [5.74, 6) is 1.15. The van der Waals surface area contributed by atoms with Gasteiger partial charge in [-0.05, 0) is 44.2 Å². The summed E-state index contributed by atoms with van der Waals surface area (Å²) in [5.41, 5.74) is 1.39. The Bertz CT molecular complexity index is 1020. The molecule has 31 heavy (non-hydrogen) atoms. The summed E-state index contributed by atoms with van der Waals surface area (Å²) < 4.78 is 46.3. The van der Waals surface area contributed by atoms with Crippen molar-refractivity contribution in [2.75, 3.05) is 13.2 Å². The van der Waals surface area contributed by atoms with E-state index in [9.17, 15) is 13.6 Å². The van der Waals surface area contributed by atoms with Crippen molar-refractivity contribution >= 4 is 5.78 Å². The van der Waals surface area contributed by atoms with Gasteiger partial charge in [0.15, 0.2) is 17.3 Å². The van der Waals surface area contributed by atoms with E-state index in [-0.39, 0.29) is 23.5 Å². The molecule has 2 aromatic carbocycles. The van der Waals surface area contributed by atoms with E-state index in [1.807, 2.05) is 19.9 Å². The van der Waals surface area contributed by atoms with E-state index >= 15 is 0 Å². The van der Waals surface area contributed by atoms with Crippen molar-refractivity contribution in [2.24, 2.45) is 0 Å². The molecule has 0 fully saturated rings. The second kappa shape index (κ2) is 10.6. The smallest absolute Gasteiger partial charge is 0.387 e. The maximum atomic E-state index is 12.6. The van der Waals surface area contributed by atoms with Crippen LogP contribution >= 0.6 is 0 Å². The maximum Gasteiger partial charge on any atom is 0.387 e. The Labute approximate surface area is 178 Å². The molecule has 0 unspecified atom stereocenters. The predicted octanol–water partition coefficient (Wildman–Crippen LogP) is 5.56. The number of hydrogen-bond acceptors (Lipinski definition) is 6. The van der Waals surface area contributed by atoms with Crippen LogP contribution in [-0.4, -0.2) is 30.6 Å². The molecule has 0 radical (unpaired) electrons. The maximum absolute atomic E-state index is 12.6. The third-order valence-corrected chi connectivity index (χ3v) is 4.35. The monoisotopic (exact) mass is 431 g/mol. The third kappa shape index (κ3) is 5.81. The number of aryl methyl sites for hydroxylation is 1. The number of para-hydroxylation sites is 1. The molecule has 0 N–H and O–H groups in total. The molecule has 0 atom stereocenters. The van der Waals surface area contributed by atoms with Crippen LogP contribution in [0, 0.1) is 0 Å². The first kappa shape index (κ1) is 22.3. The summed E-state index contributed by atoms with van der Waals surface area (Å²) in [6.07, 6.45) is 1.84. The Morgan fingerprint density at radius 3 is 2.52 bits per heavy atom. The van der Waals surface area contributed by atoms with Crippen molar-refractivity contribution in [3.63, 3.8) is 0 Å². The van der Waals surface area contributed by atoms with E-state index in [4.69, 9.17) is 13.9 Å². The van der Waals surface area contributed by atoms with Crippen molar-refractivity contribution in [1.82, 2.24) is 4.98 Å². The lowest BCUT2D eigenvalue weighted by molar-refractivity contribution is -0.0501. The molecule has 1 aromatic heterocycles. The van der Waals surface area contributed by atoms with E-state index < -0.39 is 6.61 Å². The number of halogens is 2. The first-order valence-corrected chi connectivity index (χ1v) is 9.93. The molecule has 0 aliphatic rings. The van der Waals surface area contributed by atoms with E-state index in [2.05, 4.69) is 9.72 Å². The number of ether oxygens (including phenoxy) is 3.